The second-order valence-corrected chi connectivity index (χ2v) is 7.44. The smallest absolute Gasteiger partial charge is 0.269 e. The number of anilines is 1. The number of rotatable bonds is 4. The van der Waals surface area contributed by atoms with Crippen LogP contribution in [0.3, 0.4) is 0 Å². The first-order chi connectivity index (χ1) is 14.2. The lowest BCUT2D eigenvalue weighted by molar-refractivity contribution is -0.143. The van der Waals surface area contributed by atoms with Crippen molar-refractivity contribution >= 4 is 29.3 Å². The van der Waals surface area contributed by atoms with E-state index in [9.17, 15) is 23.6 Å². The summed E-state index contributed by atoms with van der Waals surface area (Å²) in [5.41, 5.74) is 3.83. The van der Waals surface area contributed by atoms with Gasteiger partial charge in [0.25, 0.3) is 11.8 Å². The highest BCUT2D eigenvalue weighted by Crippen LogP contribution is 2.26. The Morgan fingerprint density at radius 2 is 1.80 bits per heavy atom. The van der Waals surface area contributed by atoms with Gasteiger partial charge in [-0.15, -0.1) is 0 Å². The first-order valence-electron chi connectivity index (χ1n) is 9.52. The van der Waals surface area contributed by atoms with Crippen LogP contribution < -0.4 is 10.3 Å². The van der Waals surface area contributed by atoms with Crippen LogP contribution in [-0.2, 0) is 14.4 Å². The predicted octanol–water partition coefficient (Wildman–Crippen LogP) is 2.60. The predicted molar refractivity (Wildman–Crippen MR) is 108 cm³/mol. The monoisotopic (exact) mass is 411 g/mol. The van der Waals surface area contributed by atoms with Crippen molar-refractivity contribution in [3.63, 3.8) is 0 Å². The molecule has 2 aromatic rings. The summed E-state index contributed by atoms with van der Waals surface area (Å²) in [6, 6.07) is 10.6. The van der Waals surface area contributed by atoms with Crippen LogP contribution in [0.1, 0.15) is 36.2 Å². The SMILES string of the molecule is Cc1ccc(C(=O)NN(C(=O)C(C)C)C2CC(=O)N(c3cccc(F)c3)C2=O)cc1. The van der Waals surface area contributed by atoms with E-state index in [1.54, 1.807) is 38.1 Å². The lowest BCUT2D eigenvalue weighted by atomic mass is 10.1. The Labute approximate surface area is 173 Å². The zero-order valence-corrected chi connectivity index (χ0v) is 16.9. The number of imide groups is 1. The number of benzene rings is 2. The lowest BCUT2D eigenvalue weighted by Crippen LogP contribution is -2.55. The van der Waals surface area contributed by atoms with E-state index in [-0.39, 0.29) is 12.1 Å². The summed E-state index contributed by atoms with van der Waals surface area (Å²) in [5.74, 6) is -3.50. The summed E-state index contributed by atoms with van der Waals surface area (Å²) >= 11 is 0. The van der Waals surface area contributed by atoms with Gasteiger partial charge in [-0.05, 0) is 37.3 Å². The molecule has 1 N–H and O–H groups in total. The number of amides is 4. The van der Waals surface area contributed by atoms with Crippen molar-refractivity contribution in [1.29, 1.82) is 0 Å². The van der Waals surface area contributed by atoms with Crippen molar-refractivity contribution < 1.29 is 23.6 Å². The minimum absolute atomic E-state index is 0.0781. The maximum absolute atomic E-state index is 13.6. The maximum atomic E-state index is 13.6. The van der Waals surface area contributed by atoms with E-state index in [1.807, 2.05) is 6.92 Å². The summed E-state index contributed by atoms with van der Waals surface area (Å²) in [6.07, 6.45) is -0.317. The van der Waals surface area contributed by atoms with Crippen molar-refractivity contribution in [3.05, 3.63) is 65.5 Å². The topological polar surface area (TPSA) is 86.8 Å². The Balaban J connectivity index is 1.89. The Morgan fingerprint density at radius 3 is 2.40 bits per heavy atom. The quantitative estimate of drug-likeness (QED) is 0.619. The van der Waals surface area contributed by atoms with E-state index in [0.717, 1.165) is 21.5 Å². The van der Waals surface area contributed by atoms with Crippen LogP contribution in [-0.4, -0.2) is 34.7 Å². The number of carbonyl (C=O) groups excluding carboxylic acids is 4. The first kappa shape index (κ1) is 21.2. The fourth-order valence-corrected chi connectivity index (χ4v) is 3.15. The zero-order valence-electron chi connectivity index (χ0n) is 16.9. The number of nitrogens with one attached hydrogen (secondary N) is 1. The van der Waals surface area contributed by atoms with Gasteiger partial charge in [0.05, 0.1) is 12.1 Å². The molecule has 1 aliphatic rings. The molecule has 0 aromatic heterocycles. The summed E-state index contributed by atoms with van der Waals surface area (Å²) in [7, 11) is 0. The van der Waals surface area contributed by atoms with Gasteiger partial charge >= 0.3 is 0 Å². The van der Waals surface area contributed by atoms with Gasteiger partial charge in [-0.1, -0.05) is 37.6 Å². The number of hydrogen-bond acceptors (Lipinski definition) is 4. The molecule has 1 aliphatic heterocycles. The highest BCUT2D eigenvalue weighted by Gasteiger charge is 2.45. The molecule has 4 amide bonds. The molecule has 1 heterocycles. The third-order valence-electron chi connectivity index (χ3n) is 4.77. The highest BCUT2D eigenvalue weighted by molar-refractivity contribution is 6.23. The van der Waals surface area contributed by atoms with Crippen molar-refractivity contribution in [2.24, 2.45) is 5.92 Å². The lowest BCUT2D eigenvalue weighted by Gasteiger charge is -2.29. The number of carbonyl (C=O) groups is 4. The van der Waals surface area contributed by atoms with E-state index < -0.39 is 41.4 Å². The molecule has 7 nitrogen and oxygen atoms in total. The van der Waals surface area contributed by atoms with Crippen molar-refractivity contribution in [2.45, 2.75) is 33.2 Å². The molecule has 30 heavy (non-hydrogen) atoms. The Bertz CT molecular complexity index is 1000. The molecule has 2 aromatic carbocycles. The maximum Gasteiger partial charge on any atom is 0.269 e. The van der Waals surface area contributed by atoms with Gasteiger partial charge in [-0.2, -0.15) is 0 Å². The Morgan fingerprint density at radius 1 is 1.13 bits per heavy atom. The number of nitrogens with zero attached hydrogens (tertiary/aromatic N) is 2. The second-order valence-electron chi connectivity index (χ2n) is 7.44. The molecular weight excluding hydrogens is 389 g/mol. The molecule has 0 aliphatic carbocycles. The molecule has 1 fully saturated rings. The van der Waals surface area contributed by atoms with Gasteiger partial charge < -0.3 is 0 Å². The molecule has 8 heteroatoms. The molecule has 0 saturated carbocycles. The van der Waals surface area contributed by atoms with Gasteiger partial charge in [0.1, 0.15) is 11.9 Å². The van der Waals surface area contributed by atoms with E-state index in [0.29, 0.717) is 5.56 Å². The van der Waals surface area contributed by atoms with E-state index in [1.165, 1.54) is 18.2 Å². The van der Waals surface area contributed by atoms with Gasteiger partial charge in [-0.25, -0.2) is 14.3 Å². The molecular formula is C22H22FN3O4. The molecule has 3 rings (SSSR count). The molecule has 1 atom stereocenters. The van der Waals surface area contributed by atoms with Gasteiger partial charge in [0.2, 0.25) is 11.8 Å². The normalized spacial score (nSPS) is 16.2. The van der Waals surface area contributed by atoms with E-state index >= 15 is 0 Å². The number of halogens is 1. The zero-order chi connectivity index (χ0) is 22.0. The van der Waals surface area contributed by atoms with Crippen LogP contribution in [0.2, 0.25) is 0 Å². The van der Waals surface area contributed by atoms with Crippen LogP contribution in [0, 0.1) is 18.7 Å². The third kappa shape index (κ3) is 4.22. The fourth-order valence-electron chi connectivity index (χ4n) is 3.15. The summed E-state index contributed by atoms with van der Waals surface area (Å²) in [5, 5.41) is 0.923. The van der Waals surface area contributed by atoms with E-state index in [2.05, 4.69) is 5.43 Å². The molecule has 0 bridgehead atoms. The average molecular weight is 411 g/mol. The summed E-state index contributed by atoms with van der Waals surface area (Å²) in [6.45, 7) is 5.12. The summed E-state index contributed by atoms with van der Waals surface area (Å²) in [4.78, 5) is 51.8. The van der Waals surface area contributed by atoms with Crippen LogP contribution in [0.15, 0.2) is 48.5 Å². The third-order valence-corrected chi connectivity index (χ3v) is 4.77. The van der Waals surface area contributed by atoms with Crippen molar-refractivity contribution in [1.82, 2.24) is 10.4 Å². The average Bonchev–Trinajstić information content (AvgIpc) is 2.99. The molecule has 1 unspecified atom stereocenters. The van der Waals surface area contributed by atoms with E-state index in [4.69, 9.17) is 0 Å². The van der Waals surface area contributed by atoms with Gasteiger partial charge in [0.15, 0.2) is 0 Å². The standard InChI is InChI=1S/C22H22FN3O4/c1-13(2)21(29)26(24-20(28)15-9-7-14(3)8-10-15)18-12-19(27)25(22(18)30)17-6-4-5-16(23)11-17/h4-11,13,18H,12H2,1-3H3,(H,24,28). The highest BCUT2D eigenvalue weighted by atomic mass is 19.1. The van der Waals surface area contributed by atoms with Crippen LogP contribution in [0.25, 0.3) is 0 Å². The fraction of sp³-hybridized carbons (Fsp3) is 0.273. The number of hydrogen-bond donors (Lipinski definition) is 1. The van der Waals surface area contributed by atoms with Crippen LogP contribution in [0.4, 0.5) is 10.1 Å². The Kier molecular flexibility index (Phi) is 5.96. The minimum atomic E-state index is -1.22. The molecule has 0 spiro atoms. The van der Waals surface area contributed by atoms with Crippen LogP contribution in [0.5, 0.6) is 0 Å². The second kappa shape index (κ2) is 8.44. The Hall–Kier alpha value is -3.55. The van der Waals surface area contributed by atoms with Gasteiger partial charge in [0, 0.05) is 11.5 Å². The van der Waals surface area contributed by atoms with Gasteiger partial charge in [-0.3, -0.25) is 24.6 Å². The molecule has 0 radical (unpaired) electrons. The van der Waals surface area contributed by atoms with Crippen LogP contribution >= 0.6 is 0 Å². The minimum Gasteiger partial charge on any atom is -0.274 e. The first-order valence-corrected chi connectivity index (χ1v) is 9.52. The summed E-state index contributed by atoms with van der Waals surface area (Å²) < 4.78 is 13.6. The number of aryl methyl sites for hydroxylation is 1. The largest absolute Gasteiger partial charge is 0.274 e. The molecule has 1 saturated heterocycles. The van der Waals surface area contributed by atoms with Crippen molar-refractivity contribution in [3.8, 4) is 0 Å². The number of hydrazine groups is 1. The van der Waals surface area contributed by atoms with Crippen molar-refractivity contribution in [2.75, 3.05) is 4.90 Å². The molecule has 156 valence electrons.